The summed E-state index contributed by atoms with van der Waals surface area (Å²) in [6.07, 6.45) is 1.44. The molecule has 1 fully saturated rings. The van der Waals surface area contributed by atoms with Crippen molar-refractivity contribution in [2.75, 3.05) is 24.9 Å². The Hall–Kier alpha value is -4.40. The number of furan rings is 1. The first-order valence-electron chi connectivity index (χ1n) is 10.3. The third-order valence-corrected chi connectivity index (χ3v) is 5.71. The van der Waals surface area contributed by atoms with Gasteiger partial charge in [-0.25, -0.2) is 0 Å². The third-order valence-electron chi connectivity index (χ3n) is 5.71. The van der Waals surface area contributed by atoms with Crippen LogP contribution in [0.25, 0.3) is 5.76 Å². The van der Waals surface area contributed by atoms with Crippen molar-refractivity contribution in [3.05, 3.63) is 71.7 Å². The van der Waals surface area contributed by atoms with Crippen LogP contribution in [0.2, 0.25) is 0 Å². The van der Waals surface area contributed by atoms with Crippen LogP contribution >= 0.6 is 0 Å². The summed E-state index contributed by atoms with van der Waals surface area (Å²) in [6, 6.07) is 12.1. The minimum atomic E-state index is -0.978. The molecule has 0 saturated carbocycles. The smallest absolute Gasteiger partial charge is 0.300 e. The number of nitrogens with zero attached hydrogens (tertiary/aromatic N) is 1. The molecule has 33 heavy (non-hydrogen) atoms. The molecule has 9 heteroatoms. The van der Waals surface area contributed by atoms with E-state index in [4.69, 9.17) is 23.4 Å². The largest absolute Gasteiger partial charge is 0.507 e. The number of carbonyl (C=O) groups is 2. The first kappa shape index (κ1) is 19.3. The zero-order valence-electron chi connectivity index (χ0n) is 17.1. The first-order chi connectivity index (χ1) is 16.1. The maximum atomic E-state index is 13.2. The van der Waals surface area contributed by atoms with Crippen LogP contribution < -0.4 is 23.8 Å². The highest BCUT2D eigenvalue weighted by atomic mass is 16.7. The number of ketones is 1. The molecule has 0 bridgehead atoms. The number of aliphatic hydroxyl groups excluding tert-OH is 1. The van der Waals surface area contributed by atoms with Gasteiger partial charge in [0, 0.05) is 17.3 Å². The summed E-state index contributed by atoms with van der Waals surface area (Å²) in [5.41, 5.74) is 0.632. The molecule has 4 heterocycles. The van der Waals surface area contributed by atoms with E-state index < -0.39 is 17.7 Å². The highest BCUT2D eigenvalue weighted by Crippen LogP contribution is 2.45. The number of fused-ring (bicyclic) bond motifs is 2. The number of benzene rings is 2. The van der Waals surface area contributed by atoms with E-state index in [2.05, 4.69) is 0 Å². The van der Waals surface area contributed by atoms with Crippen molar-refractivity contribution < 1.29 is 38.1 Å². The summed E-state index contributed by atoms with van der Waals surface area (Å²) in [6.45, 7) is 0.874. The second-order valence-electron chi connectivity index (χ2n) is 7.58. The maximum Gasteiger partial charge on any atom is 0.300 e. The molecule has 2 aromatic carbocycles. The Balaban J connectivity index is 1.50. The van der Waals surface area contributed by atoms with Gasteiger partial charge < -0.3 is 28.5 Å². The topological polar surface area (TPSA) is 108 Å². The molecule has 1 saturated heterocycles. The van der Waals surface area contributed by atoms with Crippen molar-refractivity contribution in [2.45, 2.75) is 6.04 Å². The molecule has 1 amide bonds. The van der Waals surface area contributed by atoms with Gasteiger partial charge in [0.05, 0.1) is 11.8 Å². The number of rotatable bonds is 3. The van der Waals surface area contributed by atoms with E-state index in [-0.39, 0.29) is 18.1 Å². The summed E-state index contributed by atoms with van der Waals surface area (Å²) in [7, 11) is 0. The molecule has 6 rings (SSSR count). The molecule has 3 aliphatic rings. The van der Waals surface area contributed by atoms with Crippen molar-refractivity contribution in [2.24, 2.45) is 0 Å². The summed E-state index contributed by atoms with van der Waals surface area (Å²) in [5.74, 6) is 0.350. The average molecular weight is 447 g/mol. The summed E-state index contributed by atoms with van der Waals surface area (Å²) in [5, 5.41) is 11.2. The molecule has 1 unspecified atom stereocenters. The van der Waals surface area contributed by atoms with E-state index >= 15 is 0 Å². The SMILES string of the molecule is O=C1C(=O)N(c2ccc3c(c2)OCO3)C(c2ccco2)/C1=C(/O)c1ccc2c(c1)OCCO2. The number of ether oxygens (including phenoxy) is 4. The van der Waals surface area contributed by atoms with E-state index in [1.54, 1.807) is 48.5 Å². The lowest BCUT2D eigenvalue weighted by Gasteiger charge is -2.23. The molecule has 3 aromatic rings. The second kappa shape index (κ2) is 7.33. The summed E-state index contributed by atoms with van der Waals surface area (Å²) < 4.78 is 27.5. The molecule has 0 aliphatic carbocycles. The van der Waals surface area contributed by atoms with Gasteiger partial charge in [0.25, 0.3) is 11.7 Å². The lowest BCUT2D eigenvalue weighted by Crippen LogP contribution is -2.29. The van der Waals surface area contributed by atoms with Crippen LogP contribution in [0.1, 0.15) is 17.4 Å². The normalized spacial score (nSPS) is 20.4. The van der Waals surface area contributed by atoms with Gasteiger partial charge in [0.1, 0.15) is 30.8 Å². The van der Waals surface area contributed by atoms with E-state index in [9.17, 15) is 14.7 Å². The predicted octanol–water partition coefficient (Wildman–Crippen LogP) is 3.41. The van der Waals surface area contributed by atoms with E-state index in [0.29, 0.717) is 53.2 Å². The van der Waals surface area contributed by atoms with Crippen LogP contribution in [0.5, 0.6) is 23.0 Å². The average Bonchev–Trinajstić information content (AvgIpc) is 3.58. The first-order valence-corrected chi connectivity index (χ1v) is 10.3. The molecule has 1 aromatic heterocycles. The molecule has 0 radical (unpaired) electrons. The predicted molar refractivity (Wildman–Crippen MR) is 113 cm³/mol. The van der Waals surface area contributed by atoms with Gasteiger partial charge >= 0.3 is 0 Å². The summed E-state index contributed by atoms with van der Waals surface area (Å²) in [4.78, 5) is 27.6. The molecule has 1 atom stereocenters. The Morgan fingerprint density at radius 1 is 0.879 bits per heavy atom. The highest BCUT2D eigenvalue weighted by molar-refractivity contribution is 6.51. The fourth-order valence-electron chi connectivity index (χ4n) is 4.20. The van der Waals surface area contributed by atoms with Crippen molar-refractivity contribution in [3.63, 3.8) is 0 Å². The van der Waals surface area contributed by atoms with Gasteiger partial charge in [-0.1, -0.05) is 0 Å². The number of hydrogen-bond acceptors (Lipinski definition) is 8. The van der Waals surface area contributed by atoms with Crippen LogP contribution in [0.3, 0.4) is 0 Å². The van der Waals surface area contributed by atoms with Crippen molar-refractivity contribution in [1.29, 1.82) is 0 Å². The Labute approximate surface area is 187 Å². The molecular weight excluding hydrogens is 430 g/mol. The Morgan fingerprint density at radius 3 is 2.42 bits per heavy atom. The minimum absolute atomic E-state index is 0.0727. The number of Topliss-reactive ketones (excluding diaryl/α,β-unsaturated/α-hetero) is 1. The lowest BCUT2D eigenvalue weighted by molar-refractivity contribution is -0.132. The highest BCUT2D eigenvalue weighted by Gasteiger charge is 2.48. The van der Waals surface area contributed by atoms with Crippen molar-refractivity contribution in [1.82, 2.24) is 0 Å². The standard InChI is InChI=1S/C24H17NO8/c26-22(13-3-5-15-18(10-13)31-9-8-30-15)20-21(17-2-1-7-29-17)25(24(28)23(20)27)14-4-6-16-19(11-14)33-12-32-16/h1-7,10-11,21,26H,8-9,12H2/b22-20-. The summed E-state index contributed by atoms with van der Waals surface area (Å²) >= 11 is 0. The molecular formula is C24H17NO8. The molecule has 3 aliphatic heterocycles. The van der Waals surface area contributed by atoms with E-state index in [0.717, 1.165) is 0 Å². The zero-order chi connectivity index (χ0) is 22.5. The number of aliphatic hydroxyl groups is 1. The van der Waals surface area contributed by atoms with Crippen molar-refractivity contribution >= 4 is 23.1 Å². The Bertz CT molecular complexity index is 1310. The fraction of sp³-hybridized carbons (Fsp3) is 0.167. The fourth-order valence-corrected chi connectivity index (χ4v) is 4.20. The van der Waals surface area contributed by atoms with Gasteiger partial charge in [-0.3, -0.25) is 14.5 Å². The van der Waals surface area contributed by atoms with Crippen LogP contribution in [0, 0.1) is 0 Å². The quantitative estimate of drug-likeness (QED) is 0.370. The van der Waals surface area contributed by atoms with E-state index in [1.807, 2.05) is 0 Å². The molecule has 9 nitrogen and oxygen atoms in total. The van der Waals surface area contributed by atoms with Crippen LogP contribution in [-0.2, 0) is 9.59 Å². The Kier molecular flexibility index (Phi) is 4.29. The van der Waals surface area contributed by atoms with Gasteiger partial charge in [-0.2, -0.15) is 0 Å². The van der Waals surface area contributed by atoms with Crippen molar-refractivity contribution in [3.8, 4) is 23.0 Å². The Morgan fingerprint density at radius 2 is 1.61 bits per heavy atom. The molecule has 166 valence electrons. The molecule has 0 spiro atoms. The molecule has 1 N–H and O–H groups in total. The number of hydrogen-bond donors (Lipinski definition) is 1. The van der Waals surface area contributed by atoms with Gasteiger partial charge in [-0.05, 0) is 42.5 Å². The van der Waals surface area contributed by atoms with Crippen LogP contribution in [0.4, 0.5) is 5.69 Å². The number of anilines is 1. The maximum absolute atomic E-state index is 13.2. The lowest BCUT2D eigenvalue weighted by atomic mass is 9.99. The second-order valence-corrected chi connectivity index (χ2v) is 7.58. The van der Waals surface area contributed by atoms with Crippen LogP contribution in [0.15, 0.2) is 64.8 Å². The van der Waals surface area contributed by atoms with Gasteiger partial charge in [-0.15, -0.1) is 0 Å². The third kappa shape index (κ3) is 3.00. The number of carbonyl (C=O) groups excluding carboxylic acids is 2. The number of amides is 1. The van der Waals surface area contributed by atoms with Gasteiger partial charge in [0.15, 0.2) is 23.0 Å². The van der Waals surface area contributed by atoms with Crippen LogP contribution in [-0.4, -0.2) is 36.8 Å². The monoisotopic (exact) mass is 447 g/mol. The zero-order valence-corrected chi connectivity index (χ0v) is 17.1. The van der Waals surface area contributed by atoms with Gasteiger partial charge in [0.2, 0.25) is 6.79 Å². The van der Waals surface area contributed by atoms with E-state index in [1.165, 1.54) is 11.2 Å². The minimum Gasteiger partial charge on any atom is -0.507 e.